The number of nitrogens with two attached hydrogens (primary N) is 1. The first-order valence-corrected chi connectivity index (χ1v) is 6.15. The van der Waals surface area contributed by atoms with Gasteiger partial charge in [0, 0.05) is 11.5 Å². The number of hydrogen-bond donors (Lipinski definition) is 2. The van der Waals surface area contributed by atoms with Crippen LogP contribution in [0.5, 0.6) is 0 Å². The van der Waals surface area contributed by atoms with Crippen molar-refractivity contribution >= 4 is 0 Å². The first-order valence-electron chi connectivity index (χ1n) is 6.15. The Kier molecular flexibility index (Phi) is 5.54. The minimum Gasteiger partial charge on any atom is -0.391 e. The molecule has 18 heavy (non-hydrogen) atoms. The third kappa shape index (κ3) is 4.26. The molecule has 2 atom stereocenters. The fourth-order valence-electron chi connectivity index (χ4n) is 1.74. The van der Waals surface area contributed by atoms with Gasteiger partial charge >= 0.3 is 0 Å². The Hall–Kier alpha value is -1.16. The molecule has 3 nitrogen and oxygen atoms in total. The maximum absolute atomic E-state index is 10.1. The monoisotopic (exact) mass is 249 g/mol. The lowest BCUT2D eigenvalue weighted by Gasteiger charge is -2.32. The van der Waals surface area contributed by atoms with Crippen molar-refractivity contribution in [2.45, 2.75) is 32.6 Å². The van der Waals surface area contributed by atoms with E-state index in [0.717, 1.165) is 5.56 Å². The van der Waals surface area contributed by atoms with Gasteiger partial charge in [0.25, 0.3) is 0 Å². The van der Waals surface area contributed by atoms with Crippen LogP contribution < -0.4 is 5.73 Å². The van der Waals surface area contributed by atoms with E-state index in [0.29, 0.717) is 13.2 Å². The Balaban J connectivity index is 2.44. The fourth-order valence-corrected chi connectivity index (χ4v) is 1.74. The minimum atomic E-state index is -0.661. The molecule has 0 aliphatic heterocycles. The number of aliphatic hydroxyl groups is 1. The number of benzene rings is 1. The summed E-state index contributed by atoms with van der Waals surface area (Å²) in [6.07, 6.45) is 0.898. The number of hydrogen-bond acceptors (Lipinski definition) is 3. The van der Waals surface area contributed by atoms with Gasteiger partial charge in [0.05, 0.1) is 19.3 Å². The van der Waals surface area contributed by atoms with Crippen molar-refractivity contribution in [3.05, 3.63) is 48.6 Å². The highest BCUT2D eigenvalue weighted by Crippen LogP contribution is 2.23. The predicted molar refractivity (Wildman–Crippen MR) is 74.1 cm³/mol. The lowest BCUT2D eigenvalue weighted by atomic mass is 9.83. The van der Waals surface area contributed by atoms with E-state index in [-0.39, 0.29) is 0 Å². The summed E-state index contributed by atoms with van der Waals surface area (Å²) in [6, 6.07) is 9.52. The molecule has 0 saturated heterocycles. The molecule has 0 unspecified atom stereocenters. The molecule has 3 N–H and O–H groups in total. The summed E-state index contributed by atoms with van der Waals surface area (Å²) in [5, 5.41) is 10.1. The zero-order chi connectivity index (χ0) is 13.6. The minimum absolute atomic E-state index is 0.400. The topological polar surface area (TPSA) is 55.5 Å². The van der Waals surface area contributed by atoms with Gasteiger partial charge in [-0.15, -0.1) is 6.58 Å². The molecule has 0 amide bonds. The Morgan fingerprint density at radius 1 is 1.39 bits per heavy atom. The second kappa shape index (κ2) is 6.69. The van der Waals surface area contributed by atoms with Gasteiger partial charge < -0.3 is 15.6 Å². The second-order valence-corrected chi connectivity index (χ2v) is 5.22. The molecule has 1 rings (SSSR count). The molecule has 1 aromatic carbocycles. The first kappa shape index (κ1) is 14.9. The second-order valence-electron chi connectivity index (χ2n) is 5.22. The van der Waals surface area contributed by atoms with Crippen LogP contribution >= 0.6 is 0 Å². The highest BCUT2D eigenvalue weighted by molar-refractivity contribution is 5.13. The molecule has 0 spiro atoms. The van der Waals surface area contributed by atoms with Crippen LogP contribution in [0, 0.1) is 5.41 Å². The molecule has 0 bridgehead atoms. The molecule has 0 aliphatic carbocycles. The van der Waals surface area contributed by atoms with E-state index < -0.39 is 17.6 Å². The highest BCUT2D eigenvalue weighted by Gasteiger charge is 2.31. The molecule has 0 aromatic heterocycles. The smallest absolute Gasteiger partial charge is 0.0799 e. The largest absolute Gasteiger partial charge is 0.391 e. The maximum atomic E-state index is 10.1. The molecule has 0 saturated carbocycles. The normalized spacial score (nSPS) is 15.1. The Bertz CT molecular complexity index is 362. The standard InChI is InChI=1S/C15H23NO2/c1-4-13(16)14(17)15(2,3)11-18-10-12-8-6-5-7-9-12/h4-9,13-14,17H,1,10-11,16H2,2-3H3/t13-,14-/m1/s1. The van der Waals surface area contributed by atoms with Crippen LogP contribution in [0.25, 0.3) is 0 Å². The average Bonchev–Trinajstić information content (AvgIpc) is 2.38. The third-order valence-electron chi connectivity index (χ3n) is 3.02. The van der Waals surface area contributed by atoms with E-state index >= 15 is 0 Å². The van der Waals surface area contributed by atoms with Crippen LogP contribution in [0.1, 0.15) is 19.4 Å². The summed E-state index contributed by atoms with van der Waals surface area (Å²) in [7, 11) is 0. The Morgan fingerprint density at radius 2 is 2.00 bits per heavy atom. The molecule has 0 radical (unpaired) electrons. The average molecular weight is 249 g/mol. The van der Waals surface area contributed by atoms with Gasteiger partial charge in [-0.1, -0.05) is 50.3 Å². The summed E-state index contributed by atoms with van der Waals surface area (Å²) < 4.78 is 5.65. The van der Waals surface area contributed by atoms with Gasteiger partial charge in [-0.3, -0.25) is 0 Å². The number of rotatable bonds is 7. The highest BCUT2D eigenvalue weighted by atomic mass is 16.5. The van der Waals surface area contributed by atoms with Gasteiger partial charge in [0.15, 0.2) is 0 Å². The van der Waals surface area contributed by atoms with Crippen molar-refractivity contribution in [1.82, 2.24) is 0 Å². The molecule has 100 valence electrons. The molecular formula is C15H23NO2. The van der Waals surface area contributed by atoms with Crippen molar-refractivity contribution < 1.29 is 9.84 Å². The molecule has 1 aromatic rings. The Morgan fingerprint density at radius 3 is 2.56 bits per heavy atom. The fraction of sp³-hybridized carbons (Fsp3) is 0.467. The van der Waals surface area contributed by atoms with Crippen LogP contribution in [0.4, 0.5) is 0 Å². The summed E-state index contributed by atoms with van der Waals surface area (Å²) in [5.41, 5.74) is 6.48. The lowest BCUT2D eigenvalue weighted by Crippen LogP contribution is -2.45. The number of ether oxygens (including phenoxy) is 1. The quantitative estimate of drug-likeness (QED) is 0.728. The zero-order valence-electron chi connectivity index (χ0n) is 11.2. The van der Waals surface area contributed by atoms with Gasteiger partial charge in [0.2, 0.25) is 0 Å². The van der Waals surface area contributed by atoms with Crippen LogP contribution in [-0.2, 0) is 11.3 Å². The van der Waals surface area contributed by atoms with Gasteiger partial charge in [-0.2, -0.15) is 0 Å². The maximum Gasteiger partial charge on any atom is 0.0799 e. The third-order valence-corrected chi connectivity index (χ3v) is 3.02. The molecule has 3 heteroatoms. The van der Waals surface area contributed by atoms with Crippen LogP contribution in [0.2, 0.25) is 0 Å². The summed E-state index contributed by atoms with van der Waals surface area (Å²) >= 11 is 0. The van der Waals surface area contributed by atoms with Crippen molar-refractivity contribution in [2.24, 2.45) is 11.1 Å². The number of aliphatic hydroxyl groups excluding tert-OH is 1. The molecule has 0 fully saturated rings. The van der Waals surface area contributed by atoms with E-state index in [4.69, 9.17) is 10.5 Å². The summed E-state index contributed by atoms with van der Waals surface area (Å²) in [4.78, 5) is 0. The predicted octanol–water partition coefficient (Wildman–Crippen LogP) is 2.10. The summed E-state index contributed by atoms with van der Waals surface area (Å²) in [5.74, 6) is 0. The first-order chi connectivity index (χ1) is 8.47. The van der Waals surface area contributed by atoms with E-state index in [1.54, 1.807) is 6.08 Å². The van der Waals surface area contributed by atoms with E-state index in [1.165, 1.54) is 0 Å². The van der Waals surface area contributed by atoms with Crippen LogP contribution in [0.15, 0.2) is 43.0 Å². The lowest BCUT2D eigenvalue weighted by molar-refractivity contribution is -0.0336. The van der Waals surface area contributed by atoms with Crippen molar-refractivity contribution in [3.8, 4) is 0 Å². The van der Waals surface area contributed by atoms with Crippen LogP contribution in [-0.4, -0.2) is 23.9 Å². The molecule has 0 heterocycles. The SMILES string of the molecule is C=C[C@@H](N)[C@@H](O)C(C)(C)COCc1ccccc1. The van der Waals surface area contributed by atoms with E-state index in [9.17, 15) is 5.11 Å². The van der Waals surface area contributed by atoms with Gasteiger partial charge in [0.1, 0.15) is 0 Å². The van der Waals surface area contributed by atoms with Gasteiger partial charge in [-0.25, -0.2) is 0 Å². The van der Waals surface area contributed by atoms with Crippen molar-refractivity contribution in [2.75, 3.05) is 6.61 Å². The molecule has 0 aliphatic rings. The van der Waals surface area contributed by atoms with Crippen molar-refractivity contribution in [1.29, 1.82) is 0 Å². The van der Waals surface area contributed by atoms with E-state index in [1.807, 2.05) is 44.2 Å². The summed E-state index contributed by atoms with van der Waals surface area (Å²) in [6.45, 7) is 8.46. The zero-order valence-corrected chi connectivity index (χ0v) is 11.2. The van der Waals surface area contributed by atoms with Crippen LogP contribution in [0.3, 0.4) is 0 Å². The van der Waals surface area contributed by atoms with Gasteiger partial charge in [-0.05, 0) is 5.56 Å². The van der Waals surface area contributed by atoms with E-state index in [2.05, 4.69) is 6.58 Å². The van der Waals surface area contributed by atoms with Crippen molar-refractivity contribution in [3.63, 3.8) is 0 Å². The molecular weight excluding hydrogens is 226 g/mol. The Labute approximate surface area is 109 Å².